The molecule has 2 rings (SSSR count). The third-order valence-electron chi connectivity index (χ3n) is 3.03. The maximum atomic E-state index is 12.1. The molecule has 6 heteroatoms. The number of hydrogen-bond acceptors (Lipinski definition) is 4. The van der Waals surface area contributed by atoms with E-state index in [0.717, 1.165) is 11.3 Å². The number of halogens is 1. The predicted octanol–water partition coefficient (Wildman–Crippen LogP) is 2.72. The Kier molecular flexibility index (Phi) is 6.18. The van der Waals surface area contributed by atoms with Crippen LogP contribution in [0.5, 0.6) is 0 Å². The molecule has 2 aromatic rings. The number of aromatic nitrogens is 1. The highest BCUT2D eigenvalue weighted by Gasteiger charge is 2.08. The van der Waals surface area contributed by atoms with Crippen molar-refractivity contribution in [3.05, 3.63) is 58.9 Å². The summed E-state index contributed by atoms with van der Waals surface area (Å²) in [6.07, 6.45) is 1.60. The summed E-state index contributed by atoms with van der Waals surface area (Å²) >= 11 is 6.06. The second-order valence-corrected chi connectivity index (χ2v) is 5.03. The number of anilines is 1. The van der Waals surface area contributed by atoms with Gasteiger partial charge in [-0.15, -0.1) is 0 Å². The molecule has 0 radical (unpaired) electrons. The zero-order valence-corrected chi connectivity index (χ0v) is 13.1. The first kappa shape index (κ1) is 16.3. The summed E-state index contributed by atoms with van der Waals surface area (Å²) in [5.74, 6) is -0.240. The van der Waals surface area contributed by atoms with Gasteiger partial charge in [0.1, 0.15) is 5.69 Å². The molecule has 5 nitrogen and oxygen atoms in total. The van der Waals surface area contributed by atoms with Crippen LogP contribution in [0.3, 0.4) is 0 Å². The normalized spacial score (nSPS) is 10.3. The fourth-order valence-electron chi connectivity index (χ4n) is 1.87. The van der Waals surface area contributed by atoms with E-state index >= 15 is 0 Å². The van der Waals surface area contributed by atoms with Gasteiger partial charge in [-0.05, 0) is 23.8 Å². The quantitative estimate of drug-likeness (QED) is 0.770. The number of ether oxygens (including phenoxy) is 1. The lowest BCUT2D eigenvalue weighted by Crippen LogP contribution is -2.24. The van der Waals surface area contributed by atoms with Crippen LogP contribution in [-0.2, 0) is 11.3 Å². The molecule has 1 aromatic heterocycles. The van der Waals surface area contributed by atoms with Crippen molar-refractivity contribution in [2.24, 2.45) is 0 Å². The topological polar surface area (TPSA) is 63.2 Å². The fraction of sp³-hybridized carbons (Fsp3) is 0.250. The Morgan fingerprint density at radius 1 is 1.32 bits per heavy atom. The third-order valence-corrected chi connectivity index (χ3v) is 3.39. The molecular formula is C16H18ClN3O2. The van der Waals surface area contributed by atoms with Crippen molar-refractivity contribution in [1.82, 2.24) is 10.3 Å². The summed E-state index contributed by atoms with van der Waals surface area (Å²) in [6.45, 7) is 1.62. The second kappa shape index (κ2) is 8.36. The highest BCUT2D eigenvalue weighted by Crippen LogP contribution is 2.14. The van der Waals surface area contributed by atoms with E-state index in [-0.39, 0.29) is 5.91 Å². The van der Waals surface area contributed by atoms with Gasteiger partial charge in [0.15, 0.2) is 0 Å². The molecule has 0 aliphatic heterocycles. The van der Waals surface area contributed by atoms with E-state index in [1.165, 1.54) is 0 Å². The molecular weight excluding hydrogens is 302 g/mol. The smallest absolute Gasteiger partial charge is 0.270 e. The lowest BCUT2D eigenvalue weighted by Gasteiger charge is -2.09. The Morgan fingerprint density at radius 2 is 2.14 bits per heavy atom. The van der Waals surface area contributed by atoms with Gasteiger partial charge < -0.3 is 15.4 Å². The van der Waals surface area contributed by atoms with Gasteiger partial charge in [-0.25, -0.2) is 0 Å². The minimum absolute atomic E-state index is 0.240. The van der Waals surface area contributed by atoms with Crippen LogP contribution in [0.25, 0.3) is 0 Å². The number of methoxy groups -OCH3 is 1. The highest BCUT2D eigenvalue weighted by molar-refractivity contribution is 6.31. The van der Waals surface area contributed by atoms with Gasteiger partial charge in [0.25, 0.3) is 5.91 Å². The molecule has 0 aliphatic rings. The number of hydrogen-bond donors (Lipinski definition) is 2. The molecule has 1 aromatic carbocycles. The number of nitrogens with one attached hydrogen (secondary N) is 2. The average Bonchev–Trinajstić information content (AvgIpc) is 2.54. The van der Waals surface area contributed by atoms with Crippen LogP contribution < -0.4 is 10.6 Å². The van der Waals surface area contributed by atoms with Crippen LogP contribution in [0.2, 0.25) is 5.02 Å². The minimum atomic E-state index is -0.240. The van der Waals surface area contributed by atoms with E-state index in [1.807, 2.05) is 18.2 Å². The van der Waals surface area contributed by atoms with Gasteiger partial charge in [-0.2, -0.15) is 0 Å². The Labute approximate surface area is 134 Å². The number of rotatable bonds is 7. The summed E-state index contributed by atoms with van der Waals surface area (Å²) in [7, 11) is 1.64. The summed E-state index contributed by atoms with van der Waals surface area (Å²) in [4.78, 5) is 16.2. The van der Waals surface area contributed by atoms with Crippen molar-refractivity contribution in [2.75, 3.05) is 25.6 Å². The summed E-state index contributed by atoms with van der Waals surface area (Å²) in [5, 5.41) is 6.60. The molecule has 1 amide bonds. The number of carbonyl (C=O) groups excluding carboxylic acids is 1. The van der Waals surface area contributed by atoms with Crippen LogP contribution in [0.15, 0.2) is 42.6 Å². The Hall–Kier alpha value is -2.11. The highest BCUT2D eigenvalue weighted by atomic mass is 35.5. The molecule has 0 saturated carbocycles. The summed E-state index contributed by atoms with van der Waals surface area (Å²) < 4.78 is 4.97. The van der Waals surface area contributed by atoms with Crippen molar-refractivity contribution < 1.29 is 9.53 Å². The first-order chi connectivity index (χ1) is 10.7. The SMILES string of the molecule is COCCNc1ccnc(C(=O)NCc2ccccc2Cl)c1. The number of pyridine rings is 1. The lowest BCUT2D eigenvalue weighted by molar-refractivity contribution is 0.0946. The molecule has 116 valence electrons. The van der Waals surface area contributed by atoms with E-state index in [4.69, 9.17) is 16.3 Å². The van der Waals surface area contributed by atoms with Crippen molar-refractivity contribution in [3.63, 3.8) is 0 Å². The maximum Gasteiger partial charge on any atom is 0.270 e. The molecule has 0 spiro atoms. The molecule has 0 aliphatic carbocycles. The maximum absolute atomic E-state index is 12.1. The first-order valence-corrected chi connectivity index (χ1v) is 7.29. The Bertz CT molecular complexity index is 634. The number of amides is 1. The molecule has 2 N–H and O–H groups in total. The molecule has 1 heterocycles. The fourth-order valence-corrected chi connectivity index (χ4v) is 2.07. The molecule has 0 saturated heterocycles. The van der Waals surface area contributed by atoms with Gasteiger partial charge in [0, 0.05) is 37.1 Å². The van der Waals surface area contributed by atoms with E-state index in [2.05, 4.69) is 15.6 Å². The standard InChI is InChI=1S/C16H18ClN3O2/c1-22-9-8-18-13-6-7-19-15(10-13)16(21)20-11-12-4-2-3-5-14(12)17/h2-7,10H,8-9,11H2,1H3,(H,18,19)(H,20,21). The van der Waals surface area contributed by atoms with E-state index in [0.29, 0.717) is 30.4 Å². The third kappa shape index (κ3) is 4.72. The summed E-state index contributed by atoms with van der Waals surface area (Å²) in [5.41, 5.74) is 2.05. The van der Waals surface area contributed by atoms with E-state index in [9.17, 15) is 4.79 Å². The lowest BCUT2D eigenvalue weighted by atomic mass is 10.2. The van der Waals surface area contributed by atoms with Crippen LogP contribution in [0, 0.1) is 0 Å². The molecule has 22 heavy (non-hydrogen) atoms. The van der Waals surface area contributed by atoms with Gasteiger partial charge in [-0.1, -0.05) is 29.8 Å². The van der Waals surface area contributed by atoms with Crippen LogP contribution in [0.1, 0.15) is 16.1 Å². The van der Waals surface area contributed by atoms with Crippen LogP contribution >= 0.6 is 11.6 Å². The van der Waals surface area contributed by atoms with E-state index < -0.39 is 0 Å². The predicted molar refractivity (Wildman–Crippen MR) is 87.2 cm³/mol. The zero-order chi connectivity index (χ0) is 15.8. The Balaban J connectivity index is 1.95. The van der Waals surface area contributed by atoms with Crippen molar-refractivity contribution in [1.29, 1.82) is 0 Å². The van der Waals surface area contributed by atoms with Gasteiger partial charge in [0.05, 0.1) is 6.61 Å². The average molecular weight is 320 g/mol. The van der Waals surface area contributed by atoms with Gasteiger partial charge >= 0.3 is 0 Å². The molecule has 0 atom stereocenters. The monoisotopic (exact) mass is 319 g/mol. The van der Waals surface area contributed by atoms with Crippen molar-refractivity contribution in [3.8, 4) is 0 Å². The van der Waals surface area contributed by atoms with Gasteiger partial charge in [0.2, 0.25) is 0 Å². The molecule has 0 bridgehead atoms. The number of nitrogens with zero attached hydrogens (tertiary/aromatic N) is 1. The van der Waals surface area contributed by atoms with Crippen LogP contribution in [0.4, 0.5) is 5.69 Å². The van der Waals surface area contributed by atoms with Crippen molar-refractivity contribution in [2.45, 2.75) is 6.54 Å². The Morgan fingerprint density at radius 3 is 2.91 bits per heavy atom. The van der Waals surface area contributed by atoms with E-state index in [1.54, 1.807) is 31.5 Å². The largest absolute Gasteiger partial charge is 0.383 e. The number of carbonyl (C=O) groups is 1. The summed E-state index contributed by atoms with van der Waals surface area (Å²) in [6, 6.07) is 10.9. The first-order valence-electron chi connectivity index (χ1n) is 6.91. The number of benzene rings is 1. The second-order valence-electron chi connectivity index (χ2n) is 4.62. The van der Waals surface area contributed by atoms with Gasteiger partial charge in [-0.3, -0.25) is 9.78 Å². The molecule has 0 fully saturated rings. The molecule has 0 unspecified atom stereocenters. The van der Waals surface area contributed by atoms with Crippen molar-refractivity contribution >= 4 is 23.2 Å². The minimum Gasteiger partial charge on any atom is -0.383 e. The zero-order valence-electron chi connectivity index (χ0n) is 12.3. The van der Waals surface area contributed by atoms with Crippen LogP contribution in [-0.4, -0.2) is 31.2 Å².